The minimum Gasteiger partial charge on any atom is -0.496 e. The summed E-state index contributed by atoms with van der Waals surface area (Å²) < 4.78 is 49.1. The van der Waals surface area contributed by atoms with Gasteiger partial charge >= 0.3 is 6.18 Å². The number of benzene rings is 3. The number of aliphatic hydroxyl groups excluding tert-OH is 1. The second-order valence-electron chi connectivity index (χ2n) is 16.7. The standard InChI is InChI=1S/C43H55F3N4O5/c1-25-36-20-31(42(36,3)4)21-37(25)48-41(53)38-35(26(2)51)24-55-50(38)22-28-14-11-15-34(39(28)54-7)29-17-30(19-32(18-29)43(44,45)46)40(52)47-33(23-49(5)6)16-27-12-9-8-10-13-27/h8-15,17-19,25-26,31,33,35-38,51H,16,20-24H2,1-7H3,(H,47,52)(H,48,53)/t25-,26-,31+,33-,35-,36-,37-,38-/m0/s1. The number of hydrogen-bond donors (Lipinski definition) is 3. The Balaban J connectivity index is 1.27. The van der Waals surface area contributed by atoms with Crippen molar-refractivity contribution in [2.45, 2.75) is 83.9 Å². The third-order valence-corrected chi connectivity index (χ3v) is 12.4. The Labute approximate surface area is 322 Å². The first-order valence-electron chi connectivity index (χ1n) is 19.2. The van der Waals surface area contributed by atoms with Crippen LogP contribution in [0.1, 0.15) is 67.6 Å². The first-order valence-corrected chi connectivity index (χ1v) is 19.2. The highest BCUT2D eigenvalue weighted by molar-refractivity contribution is 5.96. The second-order valence-corrected chi connectivity index (χ2v) is 16.7. The molecule has 12 heteroatoms. The number of alkyl halides is 3. The number of hydrogen-bond acceptors (Lipinski definition) is 7. The van der Waals surface area contributed by atoms with Gasteiger partial charge in [0.15, 0.2) is 0 Å². The summed E-state index contributed by atoms with van der Waals surface area (Å²) in [5.41, 5.74) is 1.21. The number of amides is 2. The molecule has 3 N–H and O–H groups in total. The Morgan fingerprint density at radius 3 is 2.42 bits per heavy atom. The van der Waals surface area contributed by atoms with Crippen LogP contribution in [0.15, 0.2) is 66.7 Å². The van der Waals surface area contributed by atoms with Crippen LogP contribution >= 0.6 is 0 Å². The number of nitrogens with one attached hydrogen (secondary N) is 2. The minimum absolute atomic E-state index is 0.0167. The largest absolute Gasteiger partial charge is 0.496 e. The molecule has 7 rings (SSSR count). The topological polar surface area (TPSA) is 103 Å². The molecule has 2 bridgehead atoms. The number of ether oxygens (including phenoxy) is 1. The molecule has 0 spiro atoms. The van der Waals surface area contributed by atoms with E-state index in [0.717, 1.165) is 24.1 Å². The minimum atomic E-state index is -4.73. The number of para-hydroxylation sites is 1. The van der Waals surface area contributed by atoms with Crippen LogP contribution in [0.3, 0.4) is 0 Å². The summed E-state index contributed by atoms with van der Waals surface area (Å²) in [5, 5.41) is 18.5. The number of nitrogens with zero attached hydrogens (tertiary/aromatic N) is 2. The van der Waals surface area contributed by atoms with Gasteiger partial charge in [0.05, 0.1) is 31.9 Å². The summed E-state index contributed by atoms with van der Waals surface area (Å²) in [6.45, 7) is 9.13. The van der Waals surface area contributed by atoms with Crippen molar-refractivity contribution in [3.8, 4) is 16.9 Å². The van der Waals surface area contributed by atoms with E-state index in [1.807, 2.05) is 49.3 Å². The van der Waals surface area contributed by atoms with Crippen molar-refractivity contribution in [1.29, 1.82) is 0 Å². The molecule has 8 atom stereocenters. The zero-order valence-electron chi connectivity index (χ0n) is 32.8. The number of rotatable bonds is 13. The molecule has 3 saturated carbocycles. The molecule has 1 aliphatic heterocycles. The summed E-state index contributed by atoms with van der Waals surface area (Å²) >= 11 is 0. The van der Waals surface area contributed by atoms with Crippen molar-refractivity contribution in [3.63, 3.8) is 0 Å². The van der Waals surface area contributed by atoms with Gasteiger partial charge in [-0.3, -0.25) is 14.4 Å². The Hall–Kier alpha value is -3.97. The average Bonchev–Trinajstić information content (AvgIpc) is 3.55. The van der Waals surface area contributed by atoms with Crippen LogP contribution in [-0.4, -0.2) is 85.5 Å². The molecule has 55 heavy (non-hydrogen) atoms. The van der Waals surface area contributed by atoms with Gasteiger partial charge < -0.3 is 25.4 Å². The molecule has 3 aromatic carbocycles. The molecule has 1 saturated heterocycles. The normalized spacial score (nSPS) is 25.9. The fourth-order valence-electron chi connectivity index (χ4n) is 9.24. The van der Waals surface area contributed by atoms with E-state index < -0.39 is 35.7 Å². The van der Waals surface area contributed by atoms with E-state index >= 15 is 0 Å². The van der Waals surface area contributed by atoms with Crippen molar-refractivity contribution in [3.05, 3.63) is 89.0 Å². The Morgan fingerprint density at radius 2 is 1.80 bits per heavy atom. The van der Waals surface area contributed by atoms with Gasteiger partial charge in [-0.2, -0.15) is 18.2 Å². The van der Waals surface area contributed by atoms with Crippen LogP contribution in [0.2, 0.25) is 0 Å². The Bertz CT molecular complexity index is 1830. The maximum atomic E-state index is 14.4. The summed E-state index contributed by atoms with van der Waals surface area (Å²) in [7, 11) is 5.18. The van der Waals surface area contributed by atoms with Gasteiger partial charge in [-0.15, -0.1) is 0 Å². The molecule has 0 radical (unpaired) electrons. The van der Waals surface area contributed by atoms with Crippen LogP contribution in [0.4, 0.5) is 13.2 Å². The van der Waals surface area contributed by atoms with E-state index in [4.69, 9.17) is 9.57 Å². The maximum Gasteiger partial charge on any atom is 0.416 e. The van der Waals surface area contributed by atoms with Gasteiger partial charge in [0, 0.05) is 41.2 Å². The number of methoxy groups -OCH3 is 1. The van der Waals surface area contributed by atoms with Gasteiger partial charge in [0.1, 0.15) is 11.8 Å². The van der Waals surface area contributed by atoms with Crippen molar-refractivity contribution >= 4 is 11.8 Å². The Morgan fingerprint density at radius 1 is 1.07 bits per heavy atom. The molecule has 3 aromatic rings. The number of fused-ring (bicyclic) bond motifs is 2. The van der Waals surface area contributed by atoms with E-state index in [2.05, 4.69) is 31.4 Å². The predicted octanol–water partition coefficient (Wildman–Crippen LogP) is 6.58. The molecule has 9 nitrogen and oxygen atoms in total. The third kappa shape index (κ3) is 8.72. The number of likely N-dealkylation sites (N-methyl/N-ethyl adjacent to an activating group) is 1. The molecule has 4 aliphatic rings. The lowest BCUT2D eigenvalue weighted by Gasteiger charge is -2.62. The smallest absolute Gasteiger partial charge is 0.416 e. The first-order chi connectivity index (χ1) is 26.0. The third-order valence-electron chi connectivity index (χ3n) is 12.4. The lowest BCUT2D eigenvalue weighted by atomic mass is 9.45. The molecular weight excluding hydrogens is 709 g/mol. The number of halogens is 3. The second kappa shape index (κ2) is 16.3. The lowest BCUT2D eigenvalue weighted by Crippen LogP contribution is -2.62. The highest BCUT2D eigenvalue weighted by Crippen LogP contribution is 2.61. The van der Waals surface area contributed by atoms with Crippen molar-refractivity contribution in [1.82, 2.24) is 20.6 Å². The number of hydroxylamine groups is 2. The lowest BCUT2D eigenvalue weighted by molar-refractivity contribution is -0.161. The highest BCUT2D eigenvalue weighted by atomic mass is 19.4. The Kier molecular flexibility index (Phi) is 12.0. The van der Waals surface area contributed by atoms with Gasteiger partial charge in [0.2, 0.25) is 5.91 Å². The molecule has 298 valence electrons. The van der Waals surface area contributed by atoms with Gasteiger partial charge in [-0.25, -0.2) is 0 Å². The van der Waals surface area contributed by atoms with Crippen LogP contribution in [0.25, 0.3) is 11.1 Å². The molecule has 0 aromatic heterocycles. The monoisotopic (exact) mass is 764 g/mol. The summed E-state index contributed by atoms with van der Waals surface area (Å²) in [6.07, 6.45) is -2.98. The molecule has 3 aliphatic carbocycles. The average molecular weight is 765 g/mol. The van der Waals surface area contributed by atoms with Crippen LogP contribution in [0.5, 0.6) is 5.75 Å². The van der Waals surface area contributed by atoms with Crippen molar-refractivity contribution < 1.29 is 37.4 Å². The van der Waals surface area contributed by atoms with Crippen molar-refractivity contribution in [2.24, 2.45) is 29.1 Å². The summed E-state index contributed by atoms with van der Waals surface area (Å²) in [6, 6.07) is 16.9. The van der Waals surface area contributed by atoms with Crippen molar-refractivity contribution in [2.75, 3.05) is 34.4 Å². The van der Waals surface area contributed by atoms with Gasteiger partial charge in [-0.1, -0.05) is 69.3 Å². The van der Waals surface area contributed by atoms with Crippen LogP contribution in [0, 0.1) is 29.1 Å². The molecule has 4 fully saturated rings. The van der Waals surface area contributed by atoms with E-state index in [1.165, 1.54) is 19.6 Å². The number of carbonyl (C=O) groups excluding carboxylic acids is 2. The highest BCUT2D eigenvalue weighted by Gasteiger charge is 2.57. The number of aliphatic hydroxyl groups is 1. The van der Waals surface area contributed by atoms with E-state index in [1.54, 1.807) is 30.2 Å². The maximum absolute atomic E-state index is 14.4. The zero-order valence-corrected chi connectivity index (χ0v) is 32.8. The summed E-state index contributed by atoms with van der Waals surface area (Å²) in [4.78, 5) is 35.8. The summed E-state index contributed by atoms with van der Waals surface area (Å²) in [5.74, 6) is 0.332. The molecule has 1 heterocycles. The fourth-order valence-corrected chi connectivity index (χ4v) is 9.24. The predicted molar refractivity (Wildman–Crippen MR) is 205 cm³/mol. The van der Waals surface area contributed by atoms with E-state index in [0.29, 0.717) is 41.8 Å². The zero-order chi connectivity index (χ0) is 39.8. The fraction of sp³-hybridized carbons (Fsp3) is 0.535. The van der Waals surface area contributed by atoms with Crippen LogP contribution in [-0.2, 0) is 28.8 Å². The molecule has 2 amide bonds. The number of carbonyl (C=O) groups is 2. The van der Waals surface area contributed by atoms with Gasteiger partial charge in [-0.05, 0) is 92.8 Å². The first kappa shape index (κ1) is 40.7. The quantitative estimate of drug-likeness (QED) is 0.181. The van der Waals surface area contributed by atoms with E-state index in [-0.39, 0.29) is 53.4 Å². The molecule has 0 unspecified atom stereocenters. The van der Waals surface area contributed by atoms with E-state index in [9.17, 15) is 27.9 Å². The SMILES string of the molecule is COc1c(CN2OC[C@@H]([C@H](C)O)[C@H]2C(=O)N[C@H]2C[C@H]3C[C@@H]([C@@H]2C)C3(C)C)cccc1-c1cc(C(=O)N[C@@H](Cc2ccccc2)CN(C)C)cc(C(F)(F)F)c1. The van der Waals surface area contributed by atoms with Gasteiger partial charge in [0.25, 0.3) is 5.91 Å². The van der Waals surface area contributed by atoms with Crippen LogP contribution < -0.4 is 15.4 Å². The molecular formula is C43H55F3N4O5.